The summed E-state index contributed by atoms with van der Waals surface area (Å²) in [5, 5.41) is 11.4. The van der Waals surface area contributed by atoms with Crippen molar-refractivity contribution in [3.8, 4) is 6.07 Å². The van der Waals surface area contributed by atoms with Crippen LogP contribution >= 0.6 is 0 Å². The SMILES string of the molecule is C[C@@H]1Cc2c([nH]c3ccccc23)C(c2ccc3[nH]c(CN4CC(CC#N)C4)cc3c2)N1CC(C)(C)F. The zero-order valence-corrected chi connectivity index (χ0v) is 21.3. The molecule has 2 N–H and O–H groups in total. The molecule has 2 aliphatic rings. The lowest BCUT2D eigenvalue weighted by Crippen LogP contribution is -2.47. The summed E-state index contributed by atoms with van der Waals surface area (Å²) in [5.74, 6) is 0.510. The predicted octanol–water partition coefficient (Wildman–Crippen LogP) is 6.08. The van der Waals surface area contributed by atoms with Crippen molar-refractivity contribution in [3.63, 3.8) is 0 Å². The van der Waals surface area contributed by atoms with E-state index >= 15 is 4.39 Å². The number of fused-ring (bicyclic) bond motifs is 4. The largest absolute Gasteiger partial charge is 0.357 e. The van der Waals surface area contributed by atoms with Gasteiger partial charge in [-0.1, -0.05) is 24.3 Å². The molecule has 6 rings (SSSR count). The van der Waals surface area contributed by atoms with Gasteiger partial charge in [-0.3, -0.25) is 9.80 Å². The van der Waals surface area contributed by atoms with E-state index in [9.17, 15) is 0 Å². The zero-order chi connectivity index (χ0) is 25.0. The van der Waals surface area contributed by atoms with Crippen molar-refractivity contribution in [2.24, 2.45) is 5.92 Å². The molecule has 2 aromatic carbocycles. The van der Waals surface area contributed by atoms with Gasteiger partial charge >= 0.3 is 0 Å². The van der Waals surface area contributed by atoms with Gasteiger partial charge in [0.15, 0.2) is 0 Å². The van der Waals surface area contributed by atoms with Gasteiger partial charge in [-0.2, -0.15) is 5.26 Å². The molecule has 2 aliphatic heterocycles. The molecule has 4 heterocycles. The molecule has 4 aromatic rings. The molecule has 1 fully saturated rings. The number of alkyl halides is 1. The van der Waals surface area contributed by atoms with E-state index in [4.69, 9.17) is 5.26 Å². The standard InChI is InChI=1S/C30H34FN5/c1-19-12-25-24-6-4-5-7-27(24)34-28(25)29(36(19)18-30(2,3)31)21-8-9-26-22(13-21)14-23(33-26)17-35-15-20(16-35)10-11-32/h4-9,13-14,19-20,29,33-34H,10,12,15-18H2,1-3H3/t19-,29?/m1/s1. The summed E-state index contributed by atoms with van der Waals surface area (Å²) in [7, 11) is 0. The zero-order valence-electron chi connectivity index (χ0n) is 21.3. The van der Waals surface area contributed by atoms with Crippen LogP contribution in [-0.4, -0.2) is 51.1 Å². The van der Waals surface area contributed by atoms with Crippen LogP contribution in [0, 0.1) is 17.2 Å². The Morgan fingerprint density at radius 3 is 2.67 bits per heavy atom. The summed E-state index contributed by atoms with van der Waals surface area (Å²) in [4.78, 5) is 12.0. The number of benzene rings is 2. The maximum absolute atomic E-state index is 15.0. The molecule has 0 bridgehead atoms. The van der Waals surface area contributed by atoms with Crippen molar-refractivity contribution in [1.82, 2.24) is 19.8 Å². The quantitative estimate of drug-likeness (QED) is 0.349. The Kier molecular flexibility index (Phi) is 5.66. The fourth-order valence-corrected chi connectivity index (χ4v) is 6.32. The van der Waals surface area contributed by atoms with Gasteiger partial charge in [-0.25, -0.2) is 4.39 Å². The van der Waals surface area contributed by atoms with Crippen molar-refractivity contribution in [3.05, 3.63) is 71.0 Å². The Morgan fingerprint density at radius 2 is 1.89 bits per heavy atom. The average Bonchev–Trinajstić information content (AvgIpc) is 3.37. The van der Waals surface area contributed by atoms with Crippen molar-refractivity contribution in [1.29, 1.82) is 5.26 Å². The minimum absolute atomic E-state index is 0.0314. The van der Waals surface area contributed by atoms with E-state index in [0.29, 0.717) is 18.9 Å². The number of aromatic amines is 2. The van der Waals surface area contributed by atoms with Crippen LogP contribution in [0.4, 0.5) is 4.39 Å². The number of nitrogens with one attached hydrogen (secondary N) is 2. The molecule has 1 saturated heterocycles. The second kappa shape index (κ2) is 8.76. The molecule has 0 aliphatic carbocycles. The van der Waals surface area contributed by atoms with Crippen molar-refractivity contribution >= 4 is 21.8 Å². The van der Waals surface area contributed by atoms with Gasteiger partial charge in [0.05, 0.1) is 12.1 Å². The summed E-state index contributed by atoms with van der Waals surface area (Å²) in [6, 6.07) is 19.9. The van der Waals surface area contributed by atoms with Crippen molar-refractivity contribution in [2.45, 2.75) is 57.9 Å². The first-order valence-corrected chi connectivity index (χ1v) is 13.0. The predicted molar refractivity (Wildman–Crippen MR) is 142 cm³/mol. The second-order valence-corrected chi connectivity index (χ2v) is 11.5. The first-order chi connectivity index (χ1) is 17.3. The molecule has 186 valence electrons. The molecular formula is C30H34FN5. The summed E-state index contributed by atoms with van der Waals surface area (Å²) in [6.07, 6.45) is 1.55. The van der Waals surface area contributed by atoms with E-state index in [1.807, 2.05) is 0 Å². The third kappa shape index (κ3) is 4.21. The number of hydrogen-bond donors (Lipinski definition) is 2. The fraction of sp³-hybridized carbons (Fsp3) is 0.433. The normalized spacial score (nSPS) is 21.5. The summed E-state index contributed by atoms with van der Waals surface area (Å²) < 4.78 is 15.0. The third-order valence-corrected chi connectivity index (χ3v) is 7.90. The van der Waals surface area contributed by atoms with E-state index in [0.717, 1.165) is 37.1 Å². The van der Waals surface area contributed by atoms with Gasteiger partial charge in [0.25, 0.3) is 0 Å². The third-order valence-electron chi connectivity index (χ3n) is 7.90. The Labute approximate surface area is 211 Å². The van der Waals surface area contributed by atoms with Gasteiger partial charge in [-0.15, -0.1) is 0 Å². The van der Waals surface area contributed by atoms with Gasteiger partial charge < -0.3 is 9.97 Å². The lowest BCUT2D eigenvalue weighted by Gasteiger charge is -2.43. The number of para-hydroxylation sites is 1. The van der Waals surface area contributed by atoms with E-state index in [2.05, 4.69) is 81.3 Å². The number of nitriles is 1. The van der Waals surface area contributed by atoms with Crippen LogP contribution in [0.25, 0.3) is 21.8 Å². The molecule has 0 spiro atoms. The number of H-pyrrole nitrogens is 2. The Morgan fingerprint density at radius 1 is 1.08 bits per heavy atom. The molecule has 6 heteroatoms. The molecular weight excluding hydrogens is 449 g/mol. The van der Waals surface area contributed by atoms with Crippen LogP contribution in [0.3, 0.4) is 0 Å². The maximum atomic E-state index is 15.0. The summed E-state index contributed by atoms with van der Waals surface area (Å²) in [5.41, 5.74) is 5.92. The highest BCUT2D eigenvalue weighted by molar-refractivity contribution is 5.86. The molecule has 0 saturated carbocycles. The van der Waals surface area contributed by atoms with Crippen molar-refractivity contribution < 1.29 is 4.39 Å². The van der Waals surface area contributed by atoms with Crippen LogP contribution in [0.15, 0.2) is 48.5 Å². The maximum Gasteiger partial charge on any atom is 0.118 e. The molecule has 0 radical (unpaired) electrons. The highest BCUT2D eigenvalue weighted by Crippen LogP contribution is 2.42. The first-order valence-electron chi connectivity index (χ1n) is 13.0. The Bertz CT molecular complexity index is 1450. The van der Waals surface area contributed by atoms with Crippen molar-refractivity contribution in [2.75, 3.05) is 19.6 Å². The number of rotatable bonds is 6. The molecule has 36 heavy (non-hydrogen) atoms. The van der Waals surface area contributed by atoms with Gasteiger partial charge in [0.1, 0.15) is 5.67 Å². The number of nitrogens with zero attached hydrogens (tertiary/aromatic N) is 3. The van der Waals surface area contributed by atoms with Gasteiger partial charge in [0, 0.05) is 71.8 Å². The van der Waals surface area contributed by atoms with Gasteiger partial charge in [0.2, 0.25) is 0 Å². The van der Waals surface area contributed by atoms with Crippen LogP contribution in [0.2, 0.25) is 0 Å². The second-order valence-electron chi connectivity index (χ2n) is 11.5. The average molecular weight is 484 g/mol. The van der Waals surface area contributed by atoms with Crippen LogP contribution < -0.4 is 0 Å². The van der Waals surface area contributed by atoms with E-state index in [1.165, 1.54) is 33.3 Å². The Balaban J connectivity index is 1.37. The molecule has 2 atom stereocenters. The van der Waals surface area contributed by atoms with Crippen LogP contribution in [-0.2, 0) is 13.0 Å². The van der Waals surface area contributed by atoms with Gasteiger partial charge in [-0.05, 0) is 68.5 Å². The minimum atomic E-state index is -1.29. The first kappa shape index (κ1) is 23.3. The monoisotopic (exact) mass is 483 g/mol. The van der Waals surface area contributed by atoms with Crippen LogP contribution in [0.1, 0.15) is 55.7 Å². The summed E-state index contributed by atoms with van der Waals surface area (Å²) in [6.45, 7) is 8.81. The summed E-state index contributed by atoms with van der Waals surface area (Å²) >= 11 is 0. The topological polar surface area (TPSA) is 61.9 Å². The lowest BCUT2D eigenvalue weighted by atomic mass is 9.87. The molecule has 2 aromatic heterocycles. The highest BCUT2D eigenvalue weighted by Gasteiger charge is 2.38. The number of likely N-dealkylation sites (tertiary alicyclic amines) is 1. The minimum Gasteiger partial charge on any atom is -0.357 e. The molecule has 1 unspecified atom stereocenters. The van der Waals surface area contributed by atoms with E-state index < -0.39 is 5.67 Å². The van der Waals surface area contributed by atoms with E-state index in [-0.39, 0.29) is 12.1 Å². The number of halogens is 1. The highest BCUT2D eigenvalue weighted by atomic mass is 19.1. The smallest absolute Gasteiger partial charge is 0.118 e. The van der Waals surface area contributed by atoms with Crippen LogP contribution in [0.5, 0.6) is 0 Å². The fourth-order valence-electron chi connectivity index (χ4n) is 6.32. The number of hydrogen-bond acceptors (Lipinski definition) is 3. The molecule has 5 nitrogen and oxygen atoms in total. The lowest BCUT2D eigenvalue weighted by molar-refractivity contribution is 0.0668. The molecule has 0 amide bonds. The Hall–Kier alpha value is -3.14. The van der Waals surface area contributed by atoms with E-state index in [1.54, 1.807) is 13.8 Å². The number of aromatic nitrogens is 2.